The highest BCUT2D eigenvalue weighted by Gasteiger charge is 2.28. The molecule has 2 aliphatic heterocycles. The van der Waals surface area contributed by atoms with E-state index in [1.165, 1.54) is 23.5 Å². The molecular weight excluding hydrogens is 192 g/mol. The number of hydrogen-bond donors (Lipinski definition) is 0. The van der Waals surface area contributed by atoms with Gasteiger partial charge in [-0.15, -0.1) is 23.5 Å². The summed E-state index contributed by atoms with van der Waals surface area (Å²) >= 11 is 3.08. The van der Waals surface area contributed by atoms with Crippen LogP contribution in [0.15, 0.2) is 9.81 Å². The Kier molecular flexibility index (Phi) is 2.28. The van der Waals surface area contributed by atoms with Crippen LogP contribution in [0, 0.1) is 0 Å². The summed E-state index contributed by atoms with van der Waals surface area (Å²) in [6.45, 7) is 0. The molecule has 0 aromatic heterocycles. The van der Waals surface area contributed by atoms with Gasteiger partial charge >= 0.3 is 0 Å². The lowest BCUT2D eigenvalue weighted by atomic mass is 10.2. The molecule has 4 heteroatoms. The zero-order chi connectivity index (χ0) is 8.55. The van der Waals surface area contributed by atoms with Crippen LogP contribution in [0.25, 0.3) is 0 Å². The number of rotatable bonds is 0. The lowest BCUT2D eigenvalue weighted by Gasteiger charge is -1.97. The monoisotopic (exact) mass is 200 g/mol. The summed E-state index contributed by atoms with van der Waals surface area (Å²) in [7, 11) is 0. The van der Waals surface area contributed by atoms with Crippen molar-refractivity contribution in [1.82, 2.24) is 0 Å². The smallest absolute Gasteiger partial charge is 0.171 e. The van der Waals surface area contributed by atoms with E-state index in [1.54, 1.807) is 0 Å². The summed E-state index contributed by atoms with van der Waals surface area (Å²) in [5, 5.41) is 0. The van der Waals surface area contributed by atoms with Gasteiger partial charge in [-0.05, 0) is 0 Å². The average Bonchev–Trinajstić information content (AvgIpc) is 2.59. The van der Waals surface area contributed by atoms with Crippen LogP contribution < -0.4 is 0 Å². The van der Waals surface area contributed by atoms with E-state index in [2.05, 4.69) is 0 Å². The molecule has 0 bridgehead atoms. The minimum atomic E-state index is 0.165. The van der Waals surface area contributed by atoms with Crippen molar-refractivity contribution >= 4 is 35.1 Å². The molecule has 2 aliphatic rings. The summed E-state index contributed by atoms with van der Waals surface area (Å²) in [6.07, 6.45) is 1.22. The fourth-order valence-electron chi connectivity index (χ4n) is 1.26. The zero-order valence-corrected chi connectivity index (χ0v) is 8.09. The van der Waals surface area contributed by atoms with Gasteiger partial charge < -0.3 is 0 Å². The lowest BCUT2D eigenvalue weighted by Crippen LogP contribution is -1.98. The van der Waals surface area contributed by atoms with Gasteiger partial charge in [0.15, 0.2) is 11.6 Å². The molecule has 2 fully saturated rings. The van der Waals surface area contributed by atoms with Crippen molar-refractivity contribution in [1.29, 1.82) is 0 Å². The van der Waals surface area contributed by atoms with E-state index >= 15 is 0 Å². The Labute approximate surface area is 79.2 Å². The highest BCUT2D eigenvalue weighted by molar-refractivity contribution is 8.08. The van der Waals surface area contributed by atoms with Gasteiger partial charge in [0.2, 0.25) is 0 Å². The average molecular weight is 200 g/mol. The molecule has 0 aromatic rings. The lowest BCUT2D eigenvalue weighted by molar-refractivity contribution is -0.116. The van der Waals surface area contributed by atoms with Crippen LogP contribution in [0.5, 0.6) is 0 Å². The first-order valence-corrected chi connectivity index (χ1v) is 5.82. The van der Waals surface area contributed by atoms with Crippen molar-refractivity contribution in [3.05, 3.63) is 9.81 Å². The number of carbonyl (C=O) groups excluding carboxylic acids is 2. The normalized spacial score (nSPS) is 30.3. The Hall–Kier alpha value is -0.220. The molecule has 2 saturated heterocycles. The van der Waals surface area contributed by atoms with Gasteiger partial charge in [0, 0.05) is 24.3 Å². The molecule has 0 atom stereocenters. The van der Waals surface area contributed by atoms with Gasteiger partial charge in [0.1, 0.15) is 0 Å². The summed E-state index contributed by atoms with van der Waals surface area (Å²) < 4.78 is 0. The van der Waals surface area contributed by atoms with Gasteiger partial charge in [0.05, 0.1) is 9.81 Å². The Bertz CT molecular complexity index is 253. The third-order valence-electron chi connectivity index (χ3n) is 1.86. The molecule has 2 rings (SSSR count). The number of ketones is 2. The van der Waals surface area contributed by atoms with Crippen molar-refractivity contribution in [2.45, 2.75) is 12.8 Å². The van der Waals surface area contributed by atoms with Crippen molar-refractivity contribution in [3.63, 3.8) is 0 Å². The van der Waals surface area contributed by atoms with Crippen LogP contribution in [0.4, 0.5) is 0 Å². The maximum atomic E-state index is 11.3. The molecule has 12 heavy (non-hydrogen) atoms. The van der Waals surface area contributed by atoms with E-state index in [4.69, 9.17) is 0 Å². The quantitative estimate of drug-likeness (QED) is 0.556. The molecule has 64 valence electrons. The first-order chi connectivity index (χ1) is 5.79. The highest BCUT2D eigenvalue weighted by Crippen LogP contribution is 2.38. The van der Waals surface area contributed by atoms with Gasteiger partial charge in [-0.3, -0.25) is 9.59 Å². The summed E-state index contributed by atoms with van der Waals surface area (Å²) in [4.78, 5) is 24.0. The largest absolute Gasteiger partial charge is 0.294 e. The van der Waals surface area contributed by atoms with E-state index in [1.807, 2.05) is 0 Å². The van der Waals surface area contributed by atoms with E-state index in [0.29, 0.717) is 12.8 Å². The van der Waals surface area contributed by atoms with E-state index in [0.717, 1.165) is 21.3 Å². The molecule has 0 unspecified atom stereocenters. The van der Waals surface area contributed by atoms with Crippen LogP contribution >= 0.6 is 23.5 Å². The first kappa shape index (κ1) is 8.38. The number of hydrogen-bond acceptors (Lipinski definition) is 4. The Morgan fingerprint density at radius 1 is 0.833 bits per heavy atom. The van der Waals surface area contributed by atoms with Gasteiger partial charge in [-0.25, -0.2) is 0 Å². The van der Waals surface area contributed by atoms with Crippen LogP contribution in [0.2, 0.25) is 0 Å². The van der Waals surface area contributed by atoms with E-state index in [-0.39, 0.29) is 11.6 Å². The van der Waals surface area contributed by atoms with Gasteiger partial charge in [0.25, 0.3) is 0 Å². The van der Waals surface area contributed by atoms with Crippen molar-refractivity contribution < 1.29 is 9.59 Å². The second-order valence-electron chi connectivity index (χ2n) is 2.70. The summed E-state index contributed by atoms with van der Waals surface area (Å²) in [6, 6.07) is 0. The zero-order valence-electron chi connectivity index (χ0n) is 6.46. The number of allylic oxidation sites excluding steroid dienone is 2. The molecule has 0 saturated carbocycles. The molecule has 2 nitrogen and oxygen atoms in total. The molecular formula is C8H8O2S2. The van der Waals surface area contributed by atoms with Crippen LogP contribution in [-0.4, -0.2) is 23.1 Å². The van der Waals surface area contributed by atoms with E-state index < -0.39 is 0 Å². The minimum absolute atomic E-state index is 0.165. The number of Topliss-reactive ketones (excluding diaryl/α,β-unsaturated/α-hetero) is 2. The Morgan fingerprint density at radius 3 is 1.50 bits per heavy atom. The summed E-state index contributed by atoms with van der Waals surface area (Å²) in [5.74, 6) is 2.03. The molecule has 0 spiro atoms. The predicted octanol–water partition coefficient (Wildman–Crippen LogP) is 1.61. The minimum Gasteiger partial charge on any atom is -0.294 e. The van der Waals surface area contributed by atoms with Crippen LogP contribution in [-0.2, 0) is 9.59 Å². The van der Waals surface area contributed by atoms with Gasteiger partial charge in [-0.2, -0.15) is 0 Å². The number of carbonyl (C=O) groups is 2. The predicted molar refractivity (Wildman–Crippen MR) is 51.2 cm³/mol. The standard InChI is InChI=1S/C8H8O2S2/c9-5-1-3-11-7(5)8-6(10)2-4-12-8/h1-4H2. The Morgan fingerprint density at radius 2 is 1.25 bits per heavy atom. The second kappa shape index (κ2) is 3.26. The van der Waals surface area contributed by atoms with Crippen molar-refractivity contribution in [2.75, 3.05) is 11.5 Å². The van der Waals surface area contributed by atoms with Crippen molar-refractivity contribution in [2.24, 2.45) is 0 Å². The fraction of sp³-hybridized carbons (Fsp3) is 0.500. The molecule has 0 N–H and O–H groups in total. The number of thioether (sulfide) groups is 2. The third-order valence-corrected chi connectivity index (χ3v) is 4.25. The maximum absolute atomic E-state index is 11.3. The van der Waals surface area contributed by atoms with E-state index in [9.17, 15) is 9.59 Å². The molecule has 0 aromatic carbocycles. The topological polar surface area (TPSA) is 34.1 Å². The SMILES string of the molecule is O=C1CCSC1=C1SCCC1=O. The Balaban J connectivity index is 2.34. The van der Waals surface area contributed by atoms with Crippen LogP contribution in [0.1, 0.15) is 12.8 Å². The molecule has 0 amide bonds. The van der Waals surface area contributed by atoms with Gasteiger partial charge in [-0.1, -0.05) is 0 Å². The van der Waals surface area contributed by atoms with Crippen LogP contribution in [0.3, 0.4) is 0 Å². The first-order valence-electron chi connectivity index (χ1n) is 3.85. The molecule has 0 aliphatic carbocycles. The fourth-order valence-corrected chi connectivity index (χ4v) is 3.62. The third kappa shape index (κ3) is 1.33. The second-order valence-corrected chi connectivity index (χ2v) is 4.91. The highest BCUT2D eigenvalue weighted by atomic mass is 32.2. The molecule has 2 heterocycles. The molecule has 0 radical (unpaired) electrons. The van der Waals surface area contributed by atoms with Crippen molar-refractivity contribution in [3.8, 4) is 0 Å². The maximum Gasteiger partial charge on any atom is 0.171 e. The summed E-state index contributed by atoms with van der Waals surface area (Å²) in [5.41, 5.74) is 0.